The normalized spacial score (nSPS) is 11.2. The smallest absolute Gasteiger partial charge is 0.387 e. The first-order valence-electron chi connectivity index (χ1n) is 12.1. The fourth-order valence-electron chi connectivity index (χ4n) is 4.09. The third-order valence-corrected chi connectivity index (χ3v) is 6.07. The molecule has 0 fully saturated rings. The number of alkyl halides is 2. The van der Waals surface area contributed by atoms with E-state index < -0.39 is 18.2 Å². The topological polar surface area (TPSA) is 9.23 Å². The number of fused-ring (bicyclic) bond motifs is 1. The average Bonchev–Trinajstić information content (AvgIpc) is 2.89. The van der Waals surface area contributed by atoms with Crippen molar-refractivity contribution in [3.63, 3.8) is 0 Å². The van der Waals surface area contributed by atoms with Gasteiger partial charge in [0.05, 0.1) is 0 Å². The Morgan fingerprint density at radius 3 is 2.24 bits per heavy atom. The minimum absolute atomic E-state index is 0.330. The van der Waals surface area contributed by atoms with Crippen molar-refractivity contribution in [1.82, 2.24) is 0 Å². The van der Waals surface area contributed by atoms with E-state index in [1.54, 1.807) is 18.2 Å². The zero-order valence-electron chi connectivity index (χ0n) is 20.4. The highest BCUT2D eigenvalue weighted by Crippen LogP contribution is 2.25. The number of hydrogen-bond acceptors (Lipinski definition) is 1. The summed E-state index contributed by atoms with van der Waals surface area (Å²) in [5, 5.41) is 1.23. The number of rotatable bonds is 8. The van der Waals surface area contributed by atoms with Gasteiger partial charge in [0.15, 0.2) is 11.6 Å². The van der Waals surface area contributed by atoms with Crippen LogP contribution >= 0.6 is 0 Å². The van der Waals surface area contributed by atoms with Crippen molar-refractivity contribution in [2.75, 3.05) is 0 Å². The molecular weight excluding hydrogens is 476 g/mol. The van der Waals surface area contributed by atoms with Gasteiger partial charge in [0.1, 0.15) is 5.82 Å². The Balaban J connectivity index is 1.44. The number of benzene rings is 4. The van der Waals surface area contributed by atoms with Crippen molar-refractivity contribution >= 4 is 10.8 Å². The van der Waals surface area contributed by atoms with Crippen LogP contribution in [0.1, 0.15) is 41.2 Å². The van der Waals surface area contributed by atoms with E-state index in [0.717, 1.165) is 41.5 Å². The van der Waals surface area contributed by atoms with Crippen molar-refractivity contribution in [3.05, 3.63) is 124 Å². The van der Waals surface area contributed by atoms with Crippen LogP contribution in [0.2, 0.25) is 0 Å². The van der Waals surface area contributed by atoms with Gasteiger partial charge in [0, 0.05) is 16.5 Å². The summed E-state index contributed by atoms with van der Waals surface area (Å²) in [6.07, 6.45) is 6.90. The van der Waals surface area contributed by atoms with Crippen LogP contribution in [-0.4, -0.2) is 6.61 Å². The van der Waals surface area contributed by atoms with Gasteiger partial charge in [-0.15, -0.1) is 0 Å². The predicted octanol–water partition coefficient (Wildman–Crippen LogP) is 8.41. The first kappa shape index (κ1) is 26.0. The van der Waals surface area contributed by atoms with Crippen molar-refractivity contribution in [3.8, 4) is 17.6 Å². The van der Waals surface area contributed by atoms with Gasteiger partial charge >= 0.3 is 6.61 Å². The molecule has 0 saturated heterocycles. The molecule has 0 amide bonds. The molecule has 37 heavy (non-hydrogen) atoms. The van der Waals surface area contributed by atoms with Gasteiger partial charge < -0.3 is 4.74 Å². The van der Waals surface area contributed by atoms with Gasteiger partial charge in [-0.05, 0) is 91.1 Å². The molecule has 0 bridgehead atoms. The number of halogens is 4. The van der Waals surface area contributed by atoms with E-state index in [4.69, 9.17) is 0 Å². The molecule has 0 unspecified atom stereocenters. The summed E-state index contributed by atoms with van der Waals surface area (Å²) in [7, 11) is 0. The monoisotopic (exact) mass is 502 g/mol. The van der Waals surface area contributed by atoms with E-state index >= 15 is 4.39 Å². The number of aryl methyl sites for hydroxylation is 3. The van der Waals surface area contributed by atoms with Crippen LogP contribution in [0.15, 0.2) is 84.9 Å². The first-order chi connectivity index (χ1) is 17.9. The Hall–Kier alpha value is -4.04. The third-order valence-electron chi connectivity index (χ3n) is 6.07. The summed E-state index contributed by atoms with van der Waals surface area (Å²) in [6, 6.07) is 20.9. The van der Waals surface area contributed by atoms with Gasteiger partial charge in [-0.3, -0.25) is 0 Å². The molecule has 1 nitrogen and oxygen atoms in total. The van der Waals surface area contributed by atoms with Crippen molar-refractivity contribution in [2.24, 2.45) is 0 Å². The van der Waals surface area contributed by atoms with E-state index in [9.17, 15) is 13.2 Å². The first-order valence-corrected chi connectivity index (χ1v) is 12.1. The quantitative estimate of drug-likeness (QED) is 0.134. The lowest BCUT2D eigenvalue weighted by Crippen LogP contribution is -2.04. The fourth-order valence-corrected chi connectivity index (χ4v) is 4.09. The van der Waals surface area contributed by atoms with E-state index in [1.165, 1.54) is 11.6 Å². The standard InChI is InChI=1S/C32H26F4O/c1-2-3-4-5-22-6-8-23(9-7-22)10-11-24-13-18-28-27(20-24)17-16-26(31(28)34)15-12-25-14-19-30(29(33)21-25)37-32(35)36/h2-3,6-9,13-14,16-21,32H,4-5,12,15H2,1H3/b3-2+. The van der Waals surface area contributed by atoms with Crippen molar-refractivity contribution in [2.45, 2.75) is 39.2 Å². The fraction of sp³-hybridized carbons (Fsp3) is 0.188. The molecule has 5 heteroatoms. The van der Waals surface area contributed by atoms with E-state index in [-0.39, 0.29) is 5.82 Å². The van der Waals surface area contributed by atoms with Gasteiger partial charge in [-0.2, -0.15) is 8.78 Å². The Morgan fingerprint density at radius 2 is 1.51 bits per heavy atom. The maximum Gasteiger partial charge on any atom is 0.387 e. The maximum atomic E-state index is 15.2. The molecule has 0 spiro atoms. The molecule has 188 valence electrons. The second-order valence-electron chi connectivity index (χ2n) is 8.67. The molecular formula is C32H26F4O. The lowest BCUT2D eigenvalue weighted by atomic mass is 9.99. The minimum atomic E-state index is -3.09. The van der Waals surface area contributed by atoms with Gasteiger partial charge in [0.2, 0.25) is 0 Å². The van der Waals surface area contributed by atoms with Crippen molar-refractivity contribution in [1.29, 1.82) is 0 Å². The second-order valence-corrected chi connectivity index (χ2v) is 8.67. The molecule has 0 aliphatic rings. The molecule has 0 aliphatic carbocycles. The molecule has 0 N–H and O–H groups in total. The van der Waals surface area contributed by atoms with Crippen LogP contribution < -0.4 is 4.74 Å². The minimum Gasteiger partial charge on any atom is -0.432 e. The highest BCUT2D eigenvalue weighted by Gasteiger charge is 2.12. The van der Waals surface area contributed by atoms with Crippen LogP contribution in [-0.2, 0) is 19.3 Å². The molecule has 0 atom stereocenters. The molecule has 0 radical (unpaired) electrons. The van der Waals surface area contributed by atoms with Crippen LogP contribution in [0.25, 0.3) is 10.8 Å². The van der Waals surface area contributed by atoms with Crippen LogP contribution in [0.4, 0.5) is 17.6 Å². The van der Waals surface area contributed by atoms with Gasteiger partial charge in [-0.25, -0.2) is 8.78 Å². The maximum absolute atomic E-state index is 15.2. The number of ether oxygens (including phenoxy) is 1. The lowest BCUT2D eigenvalue weighted by Gasteiger charge is -2.09. The summed E-state index contributed by atoms with van der Waals surface area (Å²) in [6.45, 7) is -1.08. The van der Waals surface area contributed by atoms with E-state index in [0.29, 0.717) is 29.4 Å². The predicted molar refractivity (Wildman–Crippen MR) is 140 cm³/mol. The Bertz CT molecular complexity index is 1460. The zero-order chi connectivity index (χ0) is 26.2. The summed E-state index contributed by atoms with van der Waals surface area (Å²) >= 11 is 0. The highest BCUT2D eigenvalue weighted by molar-refractivity contribution is 5.85. The van der Waals surface area contributed by atoms with E-state index in [2.05, 4.69) is 40.9 Å². The van der Waals surface area contributed by atoms with Crippen LogP contribution in [0, 0.1) is 23.5 Å². The molecule has 0 saturated carbocycles. The molecule has 4 aromatic rings. The zero-order valence-corrected chi connectivity index (χ0v) is 20.4. The van der Waals surface area contributed by atoms with Gasteiger partial charge in [0.25, 0.3) is 0 Å². The van der Waals surface area contributed by atoms with Crippen LogP contribution in [0.3, 0.4) is 0 Å². The number of hydrogen-bond donors (Lipinski definition) is 0. The molecule has 0 heterocycles. The highest BCUT2D eigenvalue weighted by atomic mass is 19.3. The average molecular weight is 503 g/mol. The Labute approximate surface area is 214 Å². The van der Waals surface area contributed by atoms with Gasteiger partial charge in [-0.1, -0.05) is 60.4 Å². The molecule has 0 aromatic heterocycles. The third kappa shape index (κ3) is 7.01. The Kier molecular flexibility index (Phi) is 8.64. The second kappa shape index (κ2) is 12.3. The van der Waals surface area contributed by atoms with Crippen LogP contribution in [0.5, 0.6) is 5.75 Å². The summed E-state index contributed by atoms with van der Waals surface area (Å²) in [5.41, 5.74) is 4.04. The summed E-state index contributed by atoms with van der Waals surface area (Å²) in [4.78, 5) is 0. The lowest BCUT2D eigenvalue weighted by molar-refractivity contribution is -0.0522. The summed E-state index contributed by atoms with van der Waals surface area (Å²) < 4.78 is 57.9. The van der Waals surface area contributed by atoms with Crippen molar-refractivity contribution < 1.29 is 22.3 Å². The SMILES string of the molecule is C/C=C/CCc1ccc(C#Cc2ccc3c(F)c(CCc4ccc(OC(F)F)c(F)c4)ccc3c2)cc1. The molecule has 0 aliphatic heterocycles. The molecule has 4 rings (SSSR count). The molecule has 4 aromatic carbocycles. The largest absolute Gasteiger partial charge is 0.432 e. The summed E-state index contributed by atoms with van der Waals surface area (Å²) in [5.74, 6) is 4.61. The van der Waals surface area contributed by atoms with E-state index in [1.807, 2.05) is 31.2 Å². The Morgan fingerprint density at radius 1 is 0.784 bits per heavy atom. The number of allylic oxidation sites excluding steroid dienone is 2.